The van der Waals surface area contributed by atoms with Crippen LogP contribution in [0.1, 0.15) is 35.2 Å². The van der Waals surface area contributed by atoms with Crippen LogP contribution in [0, 0.1) is 0 Å². The molecule has 8 nitrogen and oxygen atoms in total. The Bertz CT molecular complexity index is 1120. The number of methoxy groups -OCH3 is 1. The highest BCUT2D eigenvalue weighted by atomic mass is 16.5. The predicted molar refractivity (Wildman–Crippen MR) is 118 cm³/mol. The highest BCUT2D eigenvalue weighted by Gasteiger charge is 2.46. The summed E-state index contributed by atoms with van der Waals surface area (Å²) in [5.41, 5.74) is 1.28. The molecule has 0 atom stereocenters. The largest absolute Gasteiger partial charge is 0.497 e. The fourth-order valence-corrected chi connectivity index (χ4v) is 4.72. The van der Waals surface area contributed by atoms with Crippen molar-refractivity contribution < 1.29 is 14.3 Å². The van der Waals surface area contributed by atoms with Crippen molar-refractivity contribution in [1.82, 2.24) is 19.7 Å². The molecule has 0 radical (unpaired) electrons. The van der Waals surface area contributed by atoms with E-state index in [4.69, 9.17) is 4.74 Å². The summed E-state index contributed by atoms with van der Waals surface area (Å²) in [4.78, 5) is 33.9. The molecular weight excluding hydrogens is 406 g/mol. The number of nitrogens with zero attached hydrogens (tertiary/aromatic N) is 5. The SMILES string of the molecule is COc1ccc(C(=O)N2CCC3(CC2)CC(=O)N(Cc2ccncc2)c2ccnn23)cc1. The molecule has 1 spiro atoms. The van der Waals surface area contributed by atoms with Crippen LogP contribution in [0.5, 0.6) is 5.75 Å². The van der Waals surface area contributed by atoms with Crippen molar-refractivity contribution in [1.29, 1.82) is 0 Å². The molecule has 164 valence electrons. The number of hydrogen-bond donors (Lipinski definition) is 0. The second kappa shape index (κ2) is 8.11. The average molecular weight is 431 g/mol. The molecule has 1 fully saturated rings. The third-order valence-electron chi connectivity index (χ3n) is 6.54. The summed E-state index contributed by atoms with van der Waals surface area (Å²) in [6, 6.07) is 12.9. The smallest absolute Gasteiger partial charge is 0.253 e. The van der Waals surface area contributed by atoms with E-state index in [1.807, 2.05) is 27.8 Å². The van der Waals surface area contributed by atoms with E-state index in [2.05, 4.69) is 10.1 Å². The molecule has 2 aliphatic heterocycles. The first-order valence-electron chi connectivity index (χ1n) is 10.8. The lowest BCUT2D eigenvalue weighted by molar-refractivity contribution is -0.123. The summed E-state index contributed by atoms with van der Waals surface area (Å²) in [5.74, 6) is 1.63. The Morgan fingerprint density at radius 1 is 1.03 bits per heavy atom. The highest BCUT2D eigenvalue weighted by molar-refractivity contribution is 5.95. The zero-order valence-corrected chi connectivity index (χ0v) is 18.0. The summed E-state index contributed by atoms with van der Waals surface area (Å²) >= 11 is 0. The van der Waals surface area contributed by atoms with Crippen LogP contribution in [0.4, 0.5) is 5.82 Å². The number of rotatable bonds is 4. The lowest BCUT2D eigenvalue weighted by Gasteiger charge is -2.46. The Kier molecular flexibility index (Phi) is 5.13. The average Bonchev–Trinajstić information content (AvgIpc) is 3.34. The van der Waals surface area contributed by atoms with Crippen LogP contribution in [-0.4, -0.2) is 51.7 Å². The maximum atomic E-state index is 13.2. The zero-order chi connectivity index (χ0) is 22.1. The van der Waals surface area contributed by atoms with Crippen molar-refractivity contribution in [3.8, 4) is 5.75 Å². The van der Waals surface area contributed by atoms with Crippen LogP contribution < -0.4 is 9.64 Å². The maximum absolute atomic E-state index is 13.2. The van der Waals surface area contributed by atoms with Gasteiger partial charge in [0.15, 0.2) is 0 Å². The van der Waals surface area contributed by atoms with Crippen LogP contribution in [0.25, 0.3) is 0 Å². The second-order valence-corrected chi connectivity index (χ2v) is 8.36. The van der Waals surface area contributed by atoms with Gasteiger partial charge in [-0.15, -0.1) is 0 Å². The highest BCUT2D eigenvalue weighted by Crippen LogP contribution is 2.41. The number of carbonyl (C=O) groups excluding carboxylic acids is 2. The zero-order valence-electron chi connectivity index (χ0n) is 18.0. The number of carbonyl (C=O) groups is 2. The van der Waals surface area contributed by atoms with Gasteiger partial charge in [-0.25, -0.2) is 4.68 Å². The minimum atomic E-state index is -0.388. The molecule has 1 saturated heterocycles. The molecule has 5 rings (SSSR count). The topological polar surface area (TPSA) is 80.6 Å². The molecule has 4 heterocycles. The lowest BCUT2D eigenvalue weighted by atomic mass is 9.82. The third-order valence-corrected chi connectivity index (χ3v) is 6.54. The van der Waals surface area contributed by atoms with Crippen LogP contribution >= 0.6 is 0 Å². The van der Waals surface area contributed by atoms with Gasteiger partial charge < -0.3 is 9.64 Å². The van der Waals surface area contributed by atoms with Crippen molar-refractivity contribution in [2.75, 3.05) is 25.1 Å². The Balaban J connectivity index is 1.33. The van der Waals surface area contributed by atoms with E-state index < -0.39 is 0 Å². The Morgan fingerprint density at radius 3 is 2.44 bits per heavy atom. The molecule has 0 N–H and O–H groups in total. The van der Waals surface area contributed by atoms with Gasteiger partial charge in [-0.2, -0.15) is 5.10 Å². The molecule has 0 aliphatic carbocycles. The van der Waals surface area contributed by atoms with Gasteiger partial charge in [-0.1, -0.05) is 0 Å². The third kappa shape index (κ3) is 3.51. The molecule has 32 heavy (non-hydrogen) atoms. The minimum Gasteiger partial charge on any atom is -0.497 e. The number of aromatic nitrogens is 3. The number of likely N-dealkylation sites (tertiary alicyclic amines) is 1. The lowest BCUT2D eigenvalue weighted by Crippen LogP contribution is -2.54. The quantitative estimate of drug-likeness (QED) is 0.635. The van der Waals surface area contributed by atoms with Gasteiger partial charge in [-0.05, 0) is 54.8 Å². The van der Waals surface area contributed by atoms with Crippen molar-refractivity contribution in [2.45, 2.75) is 31.3 Å². The normalized spacial score (nSPS) is 17.3. The van der Waals surface area contributed by atoms with Gasteiger partial charge in [0.05, 0.1) is 31.8 Å². The summed E-state index contributed by atoms with van der Waals surface area (Å²) in [5, 5.41) is 4.60. The van der Waals surface area contributed by atoms with Crippen LogP contribution in [0.15, 0.2) is 61.1 Å². The van der Waals surface area contributed by atoms with Crippen molar-refractivity contribution in [2.24, 2.45) is 0 Å². The number of anilines is 1. The second-order valence-electron chi connectivity index (χ2n) is 8.36. The summed E-state index contributed by atoms with van der Waals surface area (Å²) in [6.45, 7) is 1.66. The summed E-state index contributed by atoms with van der Waals surface area (Å²) in [7, 11) is 1.61. The summed E-state index contributed by atoms with van der Waals surface area (Å²) in [6.07, 6.45) is 6.99. The standard InChI is InChI=1S/C24H25N5O3/c1-32-20-4-2-19(3-5-20)23(31)27-14-9-24(10-15-27)16-22(30)28(21-8-13-26-29(21)24)17-18-6-11-25-12-7-18/h2-8,11-13H,9-10,14-17H2,1H3. The maximum Gasteiger partial charge on any atom is 0.253 e. The molecule has 3 aromatic rings. The van der Waals surface area contributed by atoms with Gasteiger partial charge in [0.2, 0.25) is 5.91 Å². The molecular formula is C24H25N5O3. The van der Waals surface area contributed by atoms with E-state index in [0.29, 0.717) is 44.5 Å². The van der Waals surface area contributed by atoms with E-state index in [1.165, 1.54) is 0 Å². The molecule has 2 aliphatic rings. The van der Waals surface area contributed by atoms with E-state index in [9.17, 15) is 9.59 Å². The number of amides is 2. The van der Waals surface area contributed by atoms with Gasteiger partial charge in [0.25, 0.3) is 5.91 Å². The van der Waals surface area contributed by atoms with Crippen molar-refractivity contribution in [3.05, 3.63) is 72.2 Å². The fourth-order valence-electron chi connectivity index (χ4n) is 4.72. The van der Waals surface area contributed by atoms with Crippen LogP contribution in [0.3, 0.4) is 0 Å². The van der Waals surface area contributed by atoms with E-state index in [-0.39, 0.29) is 17.4 Å². The molecule has 8 heteroatoms. The molecule has 2 amide bonds. The number of pyridine rings is 1. The number of benzene rings is 1. The first-order chi connectivity index (χ1) is 15.6. The molecule has 2 aromatic heterocycles. The van der Waals surface area contributed by atoms with E-state index in [0.717, 1.165) is 17.1 Å². The number of fused-ring (bicyclic) bond motifs is 2. The molecule has 1 aromatic carbocycles. The van der Waals surface area contributed by atoms with Gasteiger partial charge >= 0.3 is 0 Å². The molecule has 0 bridgehead atoms. The Labute approximate surface area is 186 Å². The first kappa shape index (κ1) is 20.2. The van der Waals surface area contributed by atoms with Crippen molar-refractivity contribution >= 4 is 17.6 Å². The number of ether oxygens (including phenoxy) is 1. The van der Waals surface area contributed by atoms with Crippen LogP contribution in [-0.2, 0) is 16.9 Å². The number of piperidine rings is 1. The Morgan fingerprint density at radius 2 is 1.75 bits per heavy atom. The van der Waals surface area contributed by atoms with Gasteiger partial charge in [-0.3, -0.25) is 19.5 Å². The van der Waals surface area contributed by atoms with Gasteiger partial charge in [0.1, 0.15) is 11.6 Å². The fraction of sp³-hybridized carbons (Fsp3) is 0.333. The monoisotopic (exact) mass is 431 g/mol. The Hall–Kier alpha value is -3.68. The van der Waals surface area contributed by atoms with Crippen molar-refractivity contribution in [3.63, 3.8) is 0 Å². The molecule has 0 saturated carbocycles. The van der Waals surface area contributed by atoms with E-state index in [1.54, 1.807) is 54.9 Å². The first-order valence-corrected chi connectivity index (χ1v) is 10.8. The minimum absolute atomic E-state index is 0.00430. The van der Waals surface area contributed by atoms with Crippen LogP contribution in [0.2, 0.25) is 0 Å². The summed E-state index contributed by atoms with van der Waals surface area (Å²) < 4.78 is 7.18. The predicted octanol–water partition coefficient (Wildman–Crippen LogP) is 2.86. The van der Waals surface area contributed by atoms with Gasteiger partial charge in [0, 0.05) is 37.1 Å². The van der Waals surface area contributed by atoms with E-state index >= 15 is 0 Å². The molecule has 0 unspecified atom stereocenters. The number of hydrogen-bond acceptors (Lipinski definition) is 5.